The molecule has 23 heavy (non-hydrogen) atoms. The highest BCUT2D eigenvalue weighted by molar-refractivity contribution is 7.89. The third kappa shape index (κ3) is 15.6. The zero-order chi connectivity index (χ0) is 17.6. The molecule has 0 saturated carbocycles. The van der Waals surface area contributed by atoms with Crippen molar-refractivity contribution >= 4 is 17.9 Å². The van der Waals surface area contributed by atoms with Crippen LogP contribution in [0.15, 0.2) is 0 Å². The van der Waals surface area contributed by atoms with Gasteiger partial charge in [0.15, 0.2) is 7.49 Å². The molecule has 0 amide bonds. The second kappa shape index (κ2) is 13.6. The van der Waals surface area contributed by atoms with E-state index in [0.29, 0.717) is 6.16 Å². The first-order chi connectivity index (χ1) is 10.8. The van der Waals surface area contributed by atoms with Gasteiger partial charge < -0.3 is 4.55 Å². The fraction of sp³-hybridized carbons (Fsp3) is 1.00. The molecule has 0 heterocycles. The predicted octanol–water partition coefficient (Wildman–Crippen LogP) is 5.75. The third-order valence-corrected chi connectivity index (χ3v) is 9.19. The molecule has 4 nitrogen and oxygen atoms in total. The molecule has 6 heteroatoms. The van der Waals surface area contributed by atoms with Gasteiger partial charge in [0, 0.05) is 0 Å². The number of hydrogen-bond acceptors (Lipinski definition) is 4. The summed E-state index contributed by atoms with van der Waals surface area (Å²) >= 11 is 0. The molecular weight excluding hydrogens is 331 g/mol. The molecule has 0 aromatic rings. The zero-order valence-corrected chi connectivity index (χ0v) is 17.1. The van der Waals surface area contributed by atoms with E-state index < -0.39 is 17.9 Å². The summed E-state index contributed by atoms with van der Waals surface area (Å²) in [6.07, 6.45) is 16.7. The SMILES string of the molecule is CCCCCCCCCCCCCC[P+](C)(CC)OS(=O)(=O)[O-]. The van der Waals surface area contributed by atoms with Gasteiger partial charge in [0.2, 0.25) is 0 Å². The summed E-state index contributed by atoms with van der Waals surface area (Å²) in [6, 6.07) is 0. The average molecular weight is 369 g/mol. The van der Waals surface area contributed by atoms with Crippen molar-refractivity contribution in [3.63, 3.8) is 0 Å². The number of hydrogen-bond donors (Lipinski definition) is 0. The van der Waals surface area contributed by atoms with Crippen molar-refractivity contribution in [1.82, 2.24) is 0 Å². The lowest BCUT2D eigenvalue weighted by molar-refractivity contribution is 0.381. The summed E-state index contributed by atoms with van der Waals surface area (Å²) in [5, 5.41) is 0. The van der Waals surface area contributed by atoms with Gasteiger partial charge in [0.25, 0.3) is 10.4 Å². The van der Waals surface area contributed by atoms with Crippen LogP contribution in [-0.2, 0) is 14.4 Å². The minimum absolute atomic E-state index is 0.645. The Hall–Kier alpha value is 0.300. The van der Waals surface area contributed by atoms with Crippen LogP contribution in [0.25, 0.3) is 0 Å². The van der Waals surface area contributed by atoms with E-state index in [1.807, 2.05) is 13.6 Å². The van der Waals surface area contributed by atoms with E-state index in [9.17, 15) is 13.0 Å². The molecule has 0 fully saturated rings. The lowest BCUT2D eigenvalue weighted by Crippen LogP contribution is -2.11. The van der Waals surface area contributed by atoms with Gasteiger partial charge in [-0.05, 0) is 19.8 Å². The molecular formula is C17H37O4PS. The maximum Gasteiger partial charge on any atom is 0.252 e. The number of unbranched alkanes of at least 4 members (excludes halogenated alkanes) is 11. The fourth-order valence-corrected chi connectivity index (χ4v) is 6.45. The molecule has 140 valence electrons. The largest absolute Gasteiger partial charge is 0.723 e. The Kier molecular flexibility index (Phi) is 13.8. The van der Waals surface area contributed by atoms with E-state index in [4.69, 9.17) is 3.97 Å². The van der Waals surface area contributed by atoms with E-state index in [-0.39, 0.29) is 0 Å². The Bertz CT molecular complexity index is 373. The van der Waals surface area contributed by atoms with Crippen LogP contribution in [0.2, 0.25) is 0 Å². The van der Waals surface area contributed by atoms with Crippen LogP contribution in [0.3, 0.4) is 0 Å². The Morgan fingerprint density at radius 3 is 1.52 bits per heavy atom. The summed E-state index contributed by atoms with van der Waals surface area (Å²) in [4.78, 5) is 0. The third-order valence-electron chi connectivity index (χ3n) is 4.42. The van der Waals surface area contributed by atoms with E-state index in [1.54, 1.807) is 0 Å². The summed E-state index contributed by atoms with van der Waals surface area (Å²) in [5.74, 6) is 0. The zero-order valence-electron chi connectivity index (χ0n) is 15.4. The van der Waals surface area contributed by atoms with E-state index >= 15 is 0 Å². The van der Waals surface area contributed by atoms with Gasteiger partial charge in [-0.25, -0.2) is 8.42 Å². The van der Waals surface area contributed by atoms with Crippen molar-refractivity contribution < 1.29 is 16.9 Å². The molecule has 0 aromatic carbocycles. The normalized spacial score (nSPS) is 14.8. The lowest BCUT2D eigenvalue weighted by Gasteiger charge is -2.20. The molecule has 0 bridgehead atoms. The lowest BCUT2D eigenvalue weighted by atomic mass is 10.1. The molecule has 0 rings (SSSR count). The summed E-state index contributed by atoms with van der Waals surface area (Å²) in [5.41, 5.74) is 0. The van der Waals surface area contributed by atoms with Crippen LogP contribution in [0.5, 0.6) is 0 Å². The van der Waals surface area contributed by atoms with Crippen molar-refractivity contribution in [2.24, 2.45) is 0 Å². The second-order valence-electron chi connectivity index (χ2n) is 6.71. The minimum atomic E-state index is -4.56. The molecule has 0 radical (unpaired) electrons. The average Bonchev–Trinajstić information content (AvgIpc) is 2.46. The van der Waals surface area contributed by atoms with Gasteiger partial charge in [0.05, 0.1) is 19.0 Å². The first-order valence-corrected chi connectivity index (χ1v) is 13.2. The van der Waals surface area contributed by atoms with Crippen molar-refractivity contribution in [1.29, 1.82) is 0 Å². The van der Waals surface area contributed by atoms with Gasteiger partial charge >= 0.3 is 0 Å². The predicted molar refractivity (Wildman–Crippen MR) is 100 cm³/mol. The van der Waals surface area contributed by atoms with Crippen molar-refractivity contribution in [2.45, 2.75) is 90.9 Å². The summed E-state index contributed by atoms with van der Waals surface area (Å²) < 4.78 is 37.1. The highest BCUT2D eigenvalue weighted by atomic mass is 32.3. The molecule has 1 unspecified atom stereocenters. The van der Waals surface area contributed by atoms with Crippen LogP contribution >= 0.6 is 7.49 Å². The first kappa shape index (κ1) is 23.3. The van der Waals surface area contributed by atoms with Crippen LogP contribution in [0.4, 0.5) is 0 Å². The fourth-order valence-electron chi connectivity index (χ4n) is 2.76. The molecule has 0 aliphatic rings. The molecule has 0 N–H and O–H groups in total. The van der Waals surface area contributed by atoms with Crippen LogP contribution < -0.4 is 0 Å². The minimum Gasteiger partial charge on any atom is -0.723 e. The smallest absolute Gasteiger partial charge is 0.252 e. The van der Waals surface area contributed by atoms with Crippen LogP contribution in [-0.4, -0.2) is 32.0 Å². The van der Waals surface area contributed by atoms with E-state index in [0.717, 1.165) is 19.0 Å². The highest BCUT2D eigenvalue weighted by Crippen LogP contribution is 2.57. The van der Waals surface area contributed by atoms with Crippen molar-refractivity contribution in [3.8, 4) is 0 Å². The van der Waals surface area contributed by atoms with E-state index in [2.05, 4.69) is 6.92 Å². The monoisotopic (exact) mass is 368 g/mol. The molecule has 1 atom stereocenters. The molecule has 0 aromatic heterocycles. The van der Waals surface area contributed by atoms with Gasteiger partial charge in [-0.2, -0.15) is 0 Å². The molecule has 0 spiro atoms. The van der Waals surface area contributed by atoms with Crippen molar-refractivity contribution in [3.05, 3.63) is 0 Å². The molecule has 0 aliphatic heterocycles. The Labute approximate surface area is 145 Å². The van der Waals surface area contributed by atoms with Gasteiger partial charge in [0.1, 0.15) is 0 Å². The Balaban J connectivity index is 3.51. The maximum absolute atomic E-state index is 10.8. The number of rotatable bonds is 16. The maximum atomic E-state index is 10.8. The van der Waals surface area contributed by atoms with Crippen LogP contribution in [0, 0.1) is 0 Å². The van der Waals surface area contributed by atoms with E-state index in [1.165, 1.54) is 64.2 Å². The quantitative estimate of drug-likeness (QED) is 0.151. The summed E-state index contributed by atoms with van der Waals surface area (Å²) in [7, 11) is -6.61. The molecule has 0 aliphatic carbocycles. The van der Waals surface area contributed by atoms with Crippen molar-refractivity contribution in [2.75, 3.05) is 19.0 Å². The topological polar surface area (TPSA) is 66.4 Å². The first-order valence-electron chi connectivity index (χ1n) is 9.34. The summed E-state index contributed by atoms with van der Waals surface area (Å²) in [6.45, 7) is 5.97. The standard InChI is InChI=1S/C17H37O4PS/c1-4-6-7-8-9-10-11-12-13-14-15-16-17-22(3,5-2)21-23(18,19)20/h4-17H2,1-3H3. The Morgan fingerprint density at radius 2 is 1.17 bits per heavy atom. The van der Waals surface area contributed by atoms with Gasteiger partial charge in [-0.3, -0.25) is 0 Å². The molecule has 0 saturated heterocycles. The van der Waals surface area contributed by atoms with Gasteiger partial charge in [-0.1, -0.05) is 71.1 Å². The second-order valence-corrected chi connectivity index (χ2v) is 11.8. The highest BCUT2D eigenvalue weighted by Gasteiger charge is 2.34. The van der Waals surface area contributed by atoms with Crippen LogP contribution in [0.1, 0.15) is 90.9 Å². The van der Waals surface area contributed by atoms with Gasteiger partial charge in [-0.15, -0.1) is 3.97 Å². The Morgan fingerprint density at radius 1 is 0.783 bits per heavy atom.